The van der Waals surface area contributed by atoms with E-state index in [0.29, 0.717) is 5.69 Å². The van der Waals surface area contributed by atoms with Gasteiger partial charge in [-0.15, -0.1) is 11.8 Å². The molecule has 4 aromatic rings. The topological polar surface area (TPSA) is 66.9 Å². The zero-order valence-corrected chi connectivity index (χ0v) is 21.5. The number of nitrogens with one attached hydrogen (secondary N) is 2. The van der Waals surface area contributed by atoms with E-state index >= 15 is 0 Å². The maximum Gasteiger partial charge on any atom is 0.235 e. The van der Waals surface area contributed by atoms with Gasteiger partial charge in [-0.1, -0.05) is 32.8 Å². The molecule has 0 spiro atoms. The van der Waals surface area contributed by atoms with E-state index in [0.717, 1.165) is 57.7 Å². The van der Waals surface area contributed by atoms with Crippen LogP contribution in [0, 0.1) is 11.8 Å². The molecule has 0 unspecified atom stereocenters. The third kappa shape index (κ3) is 4.43. The Balaban J connectivity index is 1.43. The van der Waals surface area contributed by atoms with Crippen LogP contribution in [0.5, 0.6) is 0 Å². The Morgan fingerprint density at radius 3 is 2.53 bits per heavy atom. The molecule has 36 heavy (non-hydrogen) atoms. The first-order valence-electron chi connectivity index (χ1n) is 12.3. The Kier molecular flexibility index (Phi) is 6.67. The van der Waals surface area contributed by atoms with Crippen LogP contribution in [0.3, 0.4) is 0 Å². The lowest BCUT2D eigenvalue weighted by Gasteiger charge is -2.23. The standard InChI is InChI=1S/C30H28N4OS/c1-4-30(5-2)25-13-7-20(17-27(25)34-29(30)35)8-14-26-24-18-28(32-19-21(24)15-16-31-26)33-22-9-11-23(12-10-22)36-6-3/h7,9-13,15-19H,4-6H2,1-3H3,(H,32,33)(H,34,35). The molecule has 180 valence electrons. The fourth-order valence-electron chi connectivity index (χ4n) is 4.77. The molecular weight excluding hydrogens is 464 g/mol. The number of anilines is 3. The maximum atomic E-state index is 12.7. The van der Waals surface area contributed by atoms with Crippen LogP contribution in [0.25, 0.3) is 10.8 Å². The number of pyridine rings is 2. The summed E-state index contributed by atoms with van der Waals surface area (Å²) in [4.78, 5) is 23.0. The van der Waals surface area contributed by atoms with Crippen molar-refractivity contribution in [2.45, 2.75) is 43.9 Å². The normalized spacial score (nSPS) is 13.6. The monoisotopic (exact) mass is 492 g/mol. The van der Waals surface area contributed by atoms with Gasteiger partial charge in [0.15, 0.2) is 0 Å². The summed E-state index contributed by atoms with van der Waals surface area (Å²) in [6, 6.07) is 18.3. The molecule has 3 heterocycles. The molecule has 5 rings (SSSR count). The predicted molar refractivity (Wildman–Crippen MR) is 149 cm³/mol. The van der Waals surface area contributed by atoms with Gasteiger partial charge in [-0.2, -0.15) is 0 Å². The average Bonchev–Trinajstić information content (AvgIpc) is 3.19. The fraction of sp³-hybridized carbons (Fsp3) is 0.233. The van der Waals surface area contributed by atoms with Crippen LogP contribution in [-0.4, -0.2) is 21.6 Å². The van der Waals surface area contributed by atoms with E-state index in [-0.39, 0.29) is 5.91 Å². The van der Waals surface area contributed by atoms with Crippen LogP contribution in [0.15, 0.2) is 71.9 Å². The molecule has 1 aliphatic heterocycles. The van der Waals surface area contributed by atoms with Crippen LogP contribution in [0.1, 0.15) is 50.4 Å². The van der Waals surface area contributed by atoms with E-state index in [1.54, 1.807) is 6.20 Å². The van der Waals surface area contributed by atoms with Crippen LogP contribution in [-0.2, 0) is 10.2 Å². The predicted octanol–water partition coefficient (Wildman–Crippen LogP) is 6.90. The minimum Gasteiger partial charge on any atom is -0.340 e. The molecule has 2 N–H and O–H groups in total. The van der Waals surface area contributed by atoms with Crippen molar-refractivity contribution < 1.29 is 4.79 Å². The highest BCUT2D eigenvalue weighted by molar-refractivity contribution is 7.99. The maximum absolute atomic E-state index is 12.7. The van der Waals surface area contributed by atoms with Crippen molar-refractivity contribution >= 4 is 45.6 Å². The zero-order valence-electron chi connectivity index (χ0n) is 20.7. The molecule has 2 aromatic heterocycles. The molecule has 0 bridgehead atoms. The Hall–Kier alpha value is -3.82. The SMILES string of the molecule is CCSc1ccc(Nc2cc3c(C#Cc4ccc5c(c4)NC(=O)C5(CC)CC)nccc3cn2)cc1. The Bertz CT molecular complexity index is 1500. The lowest BCUT2D eigenvalue weighted by Crippen LogP contribution is -2.32. The first kappa shape index (κ1) is 23.9. The van der Waals surface area contributed by atoms with Crippen LogP contribution >= 0.6 is 11.8 Å². The van der Waals surface area contributed by atoms with Gasteiger partial charge in [-0.25, -0.2) is 9.97 Å². The van der Waals surface area contributed by atoms with Crippen molar-refractivity contribution in [3.8, 4) is 11.8 Å². The summed E-state index contributed by atoms with van der Waals surface area (Å²) >= 11 is 1.82. The first-order valence-corrected chi connectivity index (χ1v) is 13.3. The minimum atomic E-state index is -0.440. The summed E-state index contributed by atoms with van der Waals surface area (Å²) in [5, 5.41) is 8.35. The quantitative estimate of drug-likeness (QED) is 0.226. The summed E-state index contributed by atoms with van der Waals surface area (Å²) in [6.07, 6.45) is 5.15. The van der Waals surface area contributed by atoms with Crippen molar-refractivity contribution in [1.82, 2.24) is 9.97 Å². The van der Waals surface area contributed by atoms with Crippen molar-refractivity contribution in [3.05, 3.63) is 83.8 Å². The minimum absolute atomic E-state index is 0.0783. The highest BCUT2D eigenvalue weighted by Gasteiger charge is 2.43. The third-order valence-electron chi connectivity index (χ3n) is 6.84. The summed E-state index contributed by atoms with van der Waals surface area (Å²) in [6.45, 7) is 6.28. The van der Waals surface area contributed by atoms with E-state index in [1.165, 1.54) is 4.90 Å². The Morgan fingerprint density at radius 2 is 1.78 bits per heavy atom. The van der Waals surface area contributed by atoms with E-state index in [2.05, 4.69) is 77.5 Å². The molecule has 0 fully saturated rings. The molecule has 0 atom stereocenters. The lowest BCUT2D eigenvalue weighted by molar-refractivity contribution is -0.121. The van der Waals surface area contributed by atoms with Crippen molar-refractivity contribution in [2.75, 3.05) is 16.4 Å². The van der Waals surface area contributed by atoms with Gasteiger partial charge in [0.05, 0.1) is 5.41 Å². The molecule has 0 radical (unpaired) electrons. The fourth-order valence-corrected chi connectivity index (χ4v) is 5.43. The van der Waals surface area contributed by atoms with Gasteiger partial charge in [0, 0.05) is 45.0 Å². The van der Waals surface area contributed by atoms with Gasteiger partial charge in [-0.05, 0) is 78.6 Å². The van der Waals surface area contributed by atoms with Gasteiger partial charge in [0.2, 0.25) is 5.91 Å². The highest BCUT2D eigenvalue weighted by atomic mass is 32.2. The molecular formula is C30H28N4OS. The second-order valence-electron chi connectivity index (χ2n) is 8.79. The smallest absolute Gasteiger partial charge is 0.235 e. The van der Waals surface area contributed by atoms with E-state index in [1.807, 2.05) is 48.3 Å². The van der Waals surface area contributed by atoms with E-state index in [9.17, 15) is 4.79 Å². The number of benzene rings is 2. The lowest BCUT2D eigenvalue weighted by atomic mass is 9.77. The summed E-state index contributed by atoms with van der Waals surface area (Å²) in [7, 11) is 0. The van der Waals surface area contributed by atoms with Gasteiger partial charge < -0.3 is 10.6 Å². The zero-order chi connectivity index (χ0) is 25.1. The van der Waals surface area contributed by atoms with E-state index < -0.39 is 5.41 Å². The molecule has 5 nitrogen and oxygen atoms in total. The number of carbonyl (C=O) groups is 1. The number of hydrogen-bond acceptors (Lipinski definition) is 5. The highest BCUT2D eigenvalue weighted by Crippen LogP contribution is 2.42. The molecule has 0 aliphatic carbocycles. The molecule has 6 heteroatoms. The number of carbonyl (C=O) groups excluding carboxylic acids is 1. The number of fused-ring (bicyclic) bond motifs is 2. The Morgan fingerprint density at radius 1 is 0.972 bits per heavy atom. The van der Waals surface area contributed by atoms with Gasteiger partial charge in [0.1, 0.15) is 11.5 Å². The van der Waals surface area contributed by atoms with Crippen LogP contribution < -0.4 is 10.6 Å². The number of nitrogens with zero attached hydrogens (tertiary/aromatic N) is 2. The van der Waals surface area contributed by atoms with Gasteiger partial charge >= 0.3 is 0 Å². The average molecular weight is 493 g/mol. The molecule has 2 aromatic carbocycles. The van der Waals surface area contributed by atoms with Gasteiger partial charge in [0.25, 0.3) is 0 Å². The van der Waals surface area contributed by atoms with Gasteiger partial charge in [-0.3, -0.25) is 4.79 Å². The van der Waals surface area contributed by atoms with Crippen molar-refractivity contribution in [3.63, 3.8) is 0 Å². The second kappa shape index (κ2) is 10.0. The molecule has 0 saturated carbocycles. The molecule has 1 aliphatic rings. The number of thioether (sulfide) groups is 1. The van der Waals surface area contributed by atoms with Crippen molar-refractivity contribution in [1.29, 1.82) is 0 Å². The second-order valence-corrected chi connectivity index (χ2v) is 10.1. The van der Waals surface area contributed by atoms with E-state index in [4.69, 9.17) is 0 Å². The number of aromatic nitrogens is 2. The number of rotatable bonds is 6. The third-order valence-corrected chi connectivity index (χ3v) is 7.73. The van der Waals surface area contributed by atoms with Crippen molar-refractivity contribution in [2.24, 2.45) is 0 Å². The van der Waals surface area contributed by atoms with Crippen LogP contribution in [0.4, 0.5) is 17.2 Å². The molecule has 1 amide bonds. The first-order chi connectivity index (χ1) is 17.6. The summed E-state index contributed by atoms with van der Waals surface area (Å²) in [5.41, 5.74) is 4.00. The summed E-state index contributed by atoms with van der Waals surface area (Å²) in [5.74, 6) is 8.35. The van der Waals surface area contributed by atoms with Crippen LogP contribution in [0.2, 0.25) is 0 Å². The largest absolute Gasteiger partial charge is 0.340 e. The number of hydrogen-bond donors (Lipinski definition) is 2. The number of amides is 1. The summed E-state index contributed by atoms with van der Waals surface area (Å²) < 4.78 is 0. The molecule has 0 saturated heterocycles. The Labute approximate surface area is 216 Å².